The van der Waals surface area contributed by atoms with Crippen molar-refractivity contribution in [2.24, 2.45) is 0 Å². The Hall–Kier alpha value is -2.42. The standard InChI is InChI=1S/C36H41N3S2.HI/c1-5-26-16-27(6-2)20-32(19-26)40-24-38-34-15-14-31(18-30-12-10-9-11-13-30)23-35(34)39(36(38)37)25-41-33-21-28(7-3)17-29(8-4)22-33;/h9-17,19-23,37H,5-8,18,24-25H2,1-4H3;1H. The van der Waals surface area contributed by atoms with Crippen LogP contribution >= 0.6 is 23.5 Å². The van der Waals surface area contributed by atoms with Crippen LogP contribution in [-0.2, 0) is 43.9 Å². The lowest BCUT2D eigenvalue weighted by molar-refractivity contribution is -0.635. The van der Waals surface area contributed by atoms with Crippen molar-refractivity contribution >= 4 is 40.5 Å². The summed E-state index contributed by atoms with van der Waals surface area (Å²) in [5.41, 5.74) is 17.6. The second-order valence-electron chi connectivity index (χ2n) is 10.6. The van der Waals surface area contributed by atoms with Crippen LogP contribution in [0.15, 0.2) is 94.7 Å². The molecule has 0 fully saturated rings. The first kappa shape index (κ1) is 32.5. The fourth-order valence-electron chi connectivity index (χ4n) is 5.34. The van der Waals surface area contributed by atoms with Gasteiger partial charge in [0.25, 0.3) is 0 Å². The number of anilines is 1. The Balaban J connectivity index is 0.00000405. The molecule has 0 aliphatic heterocycles. The number of aromatic nitrogens is 2. The Morgan fingerprint density at radius 1 is 0.619 bits per heavy atom. The lowest BCUT2D eigenvalue weighted by atomic mass is 10.0. The summed E-state index contributed by atoms with van der Waals surface area (Å²) in [6.45, 7) is 8.92. The van der Waals surface area contributed by atoms with Gasteiger partial charge in [0, 0.05) is 9.79 Å². The minimum atomic E-state index is 0. The molecule has 0 aliphatic carbocycles. The van der Waals surface area contributed by atoms with E-state index in [1.807, 2.05) is 23.5 Å². The van der Waals surface area contributed by atoms with E-state index < -0.39 is 0 Å². The second-order valence-corrected chi connectivity index (χ2v) is 12.7. The lowest BCUT2D eigenvalue weighted by Crippen LogP contribution is -3.00. The molecule has 5 aromatic rings. The van der Waals surface area contributed by atoms with Crippen LogP contribution in [-0.4, -0.2) is 4.57 Å². The fourth-order valence-corrected chi connectivity index (χ4v) is 7.38. The number of hydrogen-bond donors (Lipinski definition) is 1. The minimum Gasteiger partial charge on any atom is -1.00 e. The molecule has 0 radical (unpaired) electrons. The summed E-state index contributed by atoms with van der Waals surface area (Å²) in [6.07, 6.45) is 5.11. The second kappa shape index (κ2) is 15.3. The number of aryl methyl sites for hydroxylation is 4. The predicted octanol–water partition coefficient (Wildman–Crippen LogP) is 5.86. The zero-order valence-electron chi connectivity index (χ0n) is 25.2. The Morgan fingerprint density at radius 3 is 1.71 bits per heavy atom. The summed E-state index contributed by atoms with van der Waals surface area (Å²) in [5, 5.41) is 0. The number of thioether (sulfide) groups is 2. The summed E-state index contributed by atoms with van der Waals surface area (Å²) in [6, 6.07) is 31.6. The van der Waals surface area contributed by atoms with Crippen molar-refractivity contribution in [3.05, 3.63) is 118 Å². The Bertz CT molecular complexity index is 1580. The lowest BCUT2D eigenvalue weighted by Gasteiger charge is -2.08. The topological polar surface area (TPSA) is 34.8 Å². The molecule has 0 aliphatic rings. The smallest absolute Gasteiger partial charge is 0.357 e. The molecule has 0 saturated heterocycles. The van der Waals surface area contributed by atoms with E-state index in [0.717, 1.165) is 49.8 Å². The molecule has 6 heteroatoms. The zero-order chi connectivity index (χ0) is 28.8. The van der Waals surface area contributed by atoms with Gasteiger partial charge in [-0.05, 0) is 102 Å². The number of fused-ring (bicyclic) bond motifs is 1. The van der Waals surface area contributed by atoms with Gasteiger partial charge in [-0.25, -0.2) is 9.13 Å². The van der Waals surface area contributed by atoms with Crippen LogP contribution in [0.3, 0.4) is 0 Å². The third kappa shape index (κ3) is 7.74. The van der Waals surface area contributed by atoms with Crippen LogP contribution in [0.25, 0.3) is 11.0 Å². The van der Waals surface area contributed by atoms with Gasteiger partial charge in [-0.2, -0.15) is 0 Å². The maximum absolute atomic E-state index is 6.97. The van der Waals surface area contributed by atoms with E-state index >= 15 is 0 Å². The zero-order valence-corrected chi connectivity index (χ0v) is 29.0. The first-order valence-electron chi connectivity index (χ1n) is 14.9. The molecule has 0 unspecified atom stereocenters. The Morgan fingerprint density at radius 2 is 1.17 bits per heavy atom. The van der Waals surface area contributed by atoms with Crippen molar-refractivity contribution in [3.8, 4) is 0 Å². The highest BCUT2D eigenvalue weighted by molar-refractivity contribution is 7.98. The van der Waals surface area contributed by atoms with Crippen LogP contribution in [0.4, 0.5) is 5.95 Å². The molecule has 1 heterocycles. The van der Waals surface area contributed by atoms with Crippen LogP contribution in [0, 0.1) is 0 Å². The fraction of sp³-hybridized carbons (Fsp3) is 0.306. The molecule has 2 N–H and O–H groups in total. The number of nitrogens with two attached hydrogens (primary N) is 1. The number of rotatable bonds is 12. The number of nitrogens with zero attached hydrogens (tertiary/aromatic N) is 2. The van der Waals surface area contributed by atoms with Gasteiger partial charge >= 0.3 is 5.95 Å². The average molecular weight is 708 g/mol. The molecule has 220 valence electrons. The first-order valence-corrected chi connectivity index (χ1v) is 16.8. The Kier molecular flexibility index (Phi) is 11.9. The van der Waals surface area contributed by atoms with Crippen LogP contribution in [0.2, 0.25) is 0 Å². The summed E-state index contributed by atoms with van der Waals surface area (Å²) in [7, 11) is 0. The maximum Gasteiger partial charge on any atom is 0.357 e. The number of benzene rings is 4. The summed E-state index contributed by atoms with van der Waals surface area (Å²) < 4.78 is 4.59. The van der Waals surface area contributed by atoms with E-state index in [-0.39, 0.29) is 24.0 Å². The highest BCUT2D eigenvalue weighted by atomic mass is 127. The van der Waals surface area contributed by atoms with Gasteiger partial charge in [-0.3, -0.25) is 5.73 Å². The van der Waals surface area contributed by atoms with Gasteiger partial charge < -0.3 is 24.0 Å². The number of halogens is 1. The highest BCUT2D eigenvalue weighted by Gasteiger charge is 2.22. The molecule has 0 amide bonds. The van der Waals surface area contributed by atoms with Crippen molar-refractivity contribution in [1.29, 1.82) is 0 Å². The van der Waals surface area contributed by atoms with Gasteiger partial charge in [0.15, 0.2) is 0 Å². The van der Waals surface area contributed by atoms with E-state index in [0.29, 0.717) is 0 Å². The normalized spacial score (nSPS) is 11.1. The quantitative estimate of drug-likeness (QED) is 0.100. The molecule has 4 aromatic carbocycles. The van der Waals surface area contributed by atoms with Crippen LogP contribution in [0.1, 0.15) is 61.1 Å². The van der Waals surface area contributed by atoms with Crippen LogP contribution < -0.4 is 34.3 Å². The number of imidazole rings is 1. The molecule has 42 heavy (non-hydrogen) atoms. The number of hydrogen-bond acceptors (Lipinski definition) is 3. The largest absolute Gasteiger partial charge is 1.00 e. The maximum atomic E-state index is 6.97. The van der Waals surface area contributed by atoms with Crippen molar-refractivity contribution in [3.63, 3.8) is 0 Å². The molecular formula is C36H42IN3S2. The van der Waals surface area contributed by atoms with E-state index in [1.54, 1.807) is 0 Å². The molecular weight excluding hydrogens is 665 g/mol. The van der Waals surface area contributed by atoms with Gasteiger partial charge in [-0.15, -0.1) is 0 Å². The van der Waals surface area contributed by atoms with Crippen LogP contribution in [0.5, 0.6) is 0 Å². The van der Waals surface area contributed by atoms with Gasteiger partial charge in [0.05, 0.1) is 0 Å². The van der Waals surface area contributed by atoms with Gasteiger partial charge in [0.2, 0.25) is 0 Å². The molecule has 0 bridgehead atoms. The predicted molar refractivity (Wildman–Crippen MR) is 178 cm³/mol. The average Bonchev–Trinajstić information content (AvgIpc) is 3.28. The number of nitrogen functional groups attached to an aromatic ring is 1. The van der Waals surface area contributed by atoms with Crippen molar-refractivity contribution < 1.29 is 28.5 Å². The summed E-state index contributed by atoms with van der Waals surface area (Å²) in [4.78, 5) is 2.62. The van der Waals surface area contributed by atoms with E-state index in [9.17, 15) is 0 Å². The summed E-state index contributed by atoms with van der Waals surface area (Å²) in [5.74, 6) is 2.36. The third-order valence-corrected chi connectivity index (χ3v) is 9.74. The highest BCUT2D eigenvalue weighted by Crippen LogP contribution is 2.29. The summed E-state index contributed by atoms with van der Waals surface area (Å²) >= 11 is 3.74. The van der Waals surface area contributed by atoms with Crippen molar-refractivity contribution in [2.45, 2.75) is 81.3 Å². The van der Waals surface area contributed by atoms with E-state index in [4.69, 9.17) is 5.73 Å². The van der Waals surface area contributed by atoms with Gasteiger partial charge in [-0.1, -0.05) is 99.7 Å². The minimum absolute atomic E-state index is 0. The molecule has 0 saturated carbocycles. The first-order chi connectivity index (χ1) is 20.0. The van der Waals surface area contributed by atoms with E-state index in [1.165, 1.54) is 54.2 Å². The third-order valence-electron chi connectivity index (χ3n) is 7.83. The van der Waals surface area contributed by atoms with Crippen molar-refractivity contribution in [2.75, 3.05) is 5.73 Å². The molecule has 1 aromatic heterocycles. The van der Waals surface area contributed by atoms with Crippen molar-refractivity contribution in [1.82, 2.24) is 4.57 Å². The Labute approximate surface area is 277 Å². The molecule has 3 nitrogen and oxygen atoms in total. The molecule has 0 atom stereocenters. The van der Waals surface area contributed by atoms with E-state index in [2.05, 4.69) is 122 Å². The molecule has 0 spiro atoms. The SMILES string of the molecule is CCc1cc(CC)cc(SCn2c(N)[n+](CSc3cc(CC)cc(CC)c3)c3ccc(Cc4ccccc4)cc32)c1.[I-]. The monoisotopic (exact) mass is 707 g/mol. The van der Waals surface area contributed by atoms with Gasteiger partial charge in [0.1, 0.15) is 22.8 Å². The molecule has 5 rings (SSSR count).